The second-order valence-electron chi connectivity index (χ2n) is 2.40. The number of aromatic amines is 1. The summed E-state index contributed by atoms with van der Waals surface area (Å²) < 4.78 is 24.8. The number of H-pyrrole nitrogens is 1. The van der Waals surface area contributed by atoms with Crippen LogP contribution in [0.4, 0.5) is 8.78 Å². The molecule has 72 valence electrons. The Kier molecular flexibility index (Phi) is 3.16. The van der Waals surface area contributed by atoms with Gasteiger partial charge < -0.3 is 10.7 Å². The lowest BCUT2D eigenvalue weighted by atomic mass is 10.2. The van der Waals surface area contributed by atoms with E-state index in [1.54, 1.807) is 0 Å². The van der Waals surface area contributed by atoms with Gasteiger partial charge in [-0.25, -0.2) is 8.78 Å². The molecule has 1 aromatic heterocycles. The van der Waals surface area contributed by atoms with E-state index >= 15 is 0 Å². The van der Waals surface area contributed by atoms with Crippen LogP contribution in [0.2, 0.25) is 0 Å². The summed E-state index contributed by atoms with van der Waals surface area (Å²) in [7, 11) is 0. The third-order valence-corrected chi connectivity index (χ3v) is 2.26. The molecule has 0 radical (unpaired) electrons. The average Bonchev–Trinajstić information content (AvgIpc) is 2.03. The molecule has 3 nitrogen and oxygen atoms in total. The Morgan fingerprint density at radius 3 is 2.69 bits per heavy atom. The maximum absolute atomic E-state index is 12.2. The van der Waals surface area contributed by atoms with E-state index < -0.39 is 17.5 Å². The molecule has 0 aliphatic carbocycles. The molecule has 0 saturated heterocycles. The van der Waals surface area contributed by atoms with E-state index in [0.29, 0.717) is 10.2 Å². The smallest absolute Gasteiger partial charge is 0.269 e. The van der Waals surface area contributed by atoms with Crippen molar-refractivity contribution in [1.82, 2.24) is 4.98 Å². The number of halogens is 3. The zero-order valence-corrected chi connectivity index (χ0v) is 8.07. The normalized spacial score (nSPS) is 10.8. The maximum atomic E-state index is 12.2. The monoisotopic (exact) mass is 252 g/mol. The SMILES string of the molecule is NCc1cc(C(F)F)c(=O)[nH]c1Br. The summed E-state index contributed by atoms with van der Waals surface area (Å²) in [6.45, 7) is 0.0943. The van der Waals surface area contributed by atoms with Gasteiger partial charge in [0, 0.05) is 6.54 Å². The van der Waals surface area contributed by atoms with Gasteiger partial charge in [-0.15, -0.1) is 0 Å². The first kappa shape index (κ1) is 10.3. The van der Waals surface area contributed by atoms with Crippen LogP contribution in [-0.4, -0.2) is 4.98 Å². The molecular formula is C7H7BrF2N2O. The second kappa shape index (κ2) is 3.97. The number of alkyl halides is 2. The van der Waals surface area contributed by atoms with Crippen LogP contribution in [0, 0.1) is 0 Å². The van der Waals surface area contributed by atoms with E-state index in [4.69, 9.17) is 5.73 Å². The Labute approximate surface area is 81.1 Å². The zero-order valence-electron chi connectivity index (χ0n) is 6.48. The quantitative estimate of drug-likeness (QED) is 0.785. The lowest BCUT2D eigenvalue weighted by Crippen LogP contribution is -2.15. The third kappa shape index (κ3) is 2.13. The Hall–Kier alpha value is -0.750. The summed E-state index contributed by atoms with van der Waals surface area (Å²) in [5.74, 6) is 0. The summed E-state index contributed by atoms with van der Waals surface area (Å²) >= 11 is 3.01. The Morgan fingerprint density at radius 2 is 2.23 bits per heavy atom. The summed E-state index contributed by atoms with van der Waals surface area (Å²) in [6.07, 6.45) is -2.78. The largest absolute Gasteiger partial charge is 0.326 e. The molecule has 0 aliphatic heterocycles. The molecule has 0 atom stereocenters. The van der Waals surface area contributed by atoms with E-state index in [2.05, 4.69) is 20.9 Å². The topological polar surface area (TPSA) is 58.9 Å². The molecule has 1 aromatic rings. The van der Waals surface area contributed by atoms with Gasteiger partial charge in [-0.1, -0.05) is 0 Å². The number of hydrogen-bond donors (Lipinski definition) is 2. The minimum absolute atomic E-state index is 0.0943. The van der Waals surface area contributed by atoms with Crippen molar-refractivity contribution < 1.29 is 8.78 Å². The highest BCUT2D eigenvalue weighted by molar-refractivity contribution is 9.10. The predicted octanol–water partition coefficient (Wildman–Crippen LogP) is 1.53. The van der Waals surface area contributed by atoms with Crippen molar-refractivity contribution in [3.05, 3.63) is 32.2 Å². The lowest BCUT2D eigenvalue weighted by molar-refractivity contribution is 0.149. The van der Waals surface area contributed by atoms with E-state index in [1.807, 2.05) is 0 Å². The number of nitrogens with two attached hydrogens (primary N) is 1. The van der Waals surface area contributed by atoms with Crippen LogP contribution >= 0.6 is 15.9 Å². The van der Waals surface area contributed by atoms with Gasteiger partial charge in [-0.2, -0.15) is 0 Å². The highest BCUT2D eigenvalue weighted by atomic mass is 79.9. The Morgan fingerprint density at radius 1 is 1.62 bits per heavy atom. The van der Waals surface area contributed by atoms with Gasteiger partial charge in [0.25, 0.3) is 12.0 Å². The van der Waals surface area contributed by atoms with Crippen molar-refractivity contribution in [3.63, 3.8) is 0 Å². The molecule has 0 spiro atoms. The van der Waals surface area contributed by atoms with Crippen LogP contribution < -0.4 is 11.3 Å². The van der Waals surface area contributed by atoms with Gasteiger partial charge in [0.1, 0.15) is 0 Å². The maximum Gasteiger partial charge on any atom is 0.269 e. The fraction of sp³-hybridized carbons (Fsp3) is 0.286. The van der Waals surface area contributed by atoms with Gasteiger partial charge in [0.2, 0.25) is 0 Å². The molecule has 0 fully saturated rings. The van der Waals surface area contributed by atoms with Gasteiger partial charge in [0.15, 0.2) is 0 Å². The number of pyridine rings is 1. The van der Waals surface area contributed by atoms with Gasteiger partial charge >= 0.3 is 0 Å². The van der Waals surface area contributed by atoms with Crippen molar-refractivity contribution in [2.75, 3.05) is 0 Å². The Bertz CT molecular complexity index is 364. The van der Waals surface area contributed by atoms with Crippen LogP contribution in [0.1, 0.15) is 17.6 Å². The fourth-order valence-corrected chi connectivity index (χ4v) is 1.34. The van der Waals surface area contributed by atoms with Crippen molar-refractivity contribution in [3.8, 4) is 0 Å². The fourth-order valence-electron chi connectivity index (χ4n) is 0.879. The second-order valence-corrected chi connectivity index (χ2v) is 3.19. The van der Waals surface area contributed by atoms with Gasteiger partial charge in [-0.3, -0.25) is 4.79 Å². The first-order valence-corrected chi connectivity index (χ1v) is 4.25. The molecule has 0 aliphatic rings. The van der Waals surface area contributed by atoms with Crippen LogP contribution in [0.3, 0.4) is 0 Å². The number of rotatable bonds is 2. The van der Waals surface area contributed by atoms with Crippen molar-refractivity contribution in [2.45, 2.75) is 13.0 Å². The van der Waals surface area contributed by atoms with Gasteiger partial charge in [-0.05, 0) is 27.6 Å². The molecule has 0 saturated carbocycles. The van der Waals surface area contributed by atoms with Crippen LogP contribution in [0.15, 0.2) is 15.5 Å². The van der Waals surface area contributed by atoms with Crippen LogP contribution in [0.5, 0.6) is 0 Å². The van der Waals surface area contributed by atoms with E-state index in [0.717, 1.165) is 6.07 Å². The molecule has 0 unspecified atom stereocenters. The highest BCUT2D eigenvalue weighted by Crippen LogP contribution is 2.19. The molecule has 3 N–H and O–H groups in total. The first-order valence-electron chi connectivity index (χ1n) is 3.46. The molecular weight excluding hydrogens is 246 g/mol. The van der Waals surface area contributed by atoms with E-state index in [1.165, 1.54) is 0 Å². The highest BCUT2D eigenvalue weighted by Gasteiger charge is 2.14. The lowest BCUT2D eigenvalue weighted by Gasteiger charge is -2.03. The summed E-state index contributed by atoms with van der Waals surface area (Å²) in [5, 5.41) is 0. The number of nitrogens with one attached hydrogen (secondary N) is 1. The molecule has 1 heterocycles. The zero-order chi connectivity index (χ0) is 10.0. The molecule has 13 heavy (non-hydrogen) atoms. The molecule has 0 aromatic carbocycles. The molecule has 1 rings (SSSR count). The standard InChI is InChI=1S/C7H7BrF2N2O/c8-5-3(2-11)1-4(6(9)10)7(13)12-5/h1,6H,2,11H2,(H,12,13). The summed E-state index contributed by atoms with van der Waals surface area (Å²) in [4.78, 5) is 13.2. The minimum Gasteiger partial charge on any atom is -0.326 e. The van der Waals surface area contributed by atoms with Crippen molar-refractivity contribution in [2.24, 2.45) is 5.73 Å². The van der Waals surface area contributed by atoms with Crippen molar-refractivity contribution in [1.29, 1.82) is 0 Å². The number of aromatic nitrogens is 1. The Balaban J connectivity index is 3.31. The average molecular weight is 253 g/mol. The minimum atomic E-state index is -2.78. The first-order chi connectivity index (χ1) is 6.06. The third-order valence-electron chi connectivity index (χ3n) is 1.55. The number of hydrogen-bond acceptors (Lipinski definition) is 2. The molecule has 0 amide bonds. The van der Waals surface area contributed by atoms with Crippen LogP contribution in [0.25, 0.3) is 0 Å². The van der Waals surface area contributed by atoms with Gasteiger partial charge in [0.05, 0.1) is 10.2 Å². The molecule has 6 heteroatoms. The van der Waals surface area contributed by atoms with E-state index in [-0.39, 0.29) is 6.54 Å². The van der Waals surface area contributed by atoms with Crippen LogP contribution in [-0.2, 0) is 6.54 Å². The van der Waals surface area contributed by atoms with E-state index in [9.17, 15) is 13.6 Å². The summed E-state index contributed by atoms with van der Waals surface area (Å²) in [5.41, 5.74) is 4.38. The summed E-state index contributed by atoms with van der Waals surface area (Å²) in [6, 6.07) is 1.10. The van der Waals surface area contributed by atoms with Crippen molar-refractivity contribution >= 4 is 15.9 Å². The molecule has 0 bridgehead atoms. The predicted molar refractivity (Wildman–Crippen MR) is 47.6 cm³/mol.